The normalized spacial score (nSPS) is 11.5. The third kappa shape index (κ3) is 9.45. The van der Waals surface area contributed by atoms with Gasteiger partial charge in [0.15, 0.2) is 0 Å². The summed E-state index contributed by atoms with van der Waals surface area (Å²) in [6.45, 7) is 0. The number of imidazole rings is 2. The maximum atomic E-state index is 9.92. The average molecular weight is 1220 g/mol. The Hall–Kier alpha value is -11.0. The van der Waals surface area contributed by atoms with Crippen LogP contribution in [-0.2, 0) is 0 Å². The monoisotopic (exact) mass is 1220 g/mol. The summed E-state index contributed by atoms with van der Waals surface area (Å²) < 4.78 is 5.55. The van der Waals surface area contributed by atoms with Gasteiger partial charge in [0.1, 0.15) is 11.6 Å². The topological polar surface area (TPSA) is 76.1 Å². The van der Waals surface area contributed by atoms with Crippen molar-refractivity contribution >= 4 is 137 Å². The molecule has 0 fully saturated rings. The van der Waals surface area contributed by atoms with E-state index in [1.807, 2.05) is 78.9 Å². The first kappa shape index (κ1) is 54.4. The lowest BCUT2D eigenvalue weighted by atomic mass is 9.75. The first-order valence-electron chi connectivity index (χ1n) is 30.2. The van der Waals surface area contributed by atoms with Crippen molar-refractivity contribution in [2.24, 2.45) is 0 Å². The molecule has 2 heterocycles. The van der Waals surface area contributed by atoms with Gasteiger partial charge in [-0.3, -0.25) is 9.13 Å². The van der Waals surface area contributed by atoms with Crippen LogP contribution < -0.4 is 5.46 Å². The second-order valence-corrected chi connectivity index (χ2v) is 23.6. The number of hydrogen-bond donors (Lipinski definition) is 2. The molecule has 18 aromatic rings. The lowest BCUT2D eigenvalue weighted by Gasteiger charge is -2.17. The Kier molecular flexibility index (Phi) is 13.9. The van der Waals surface area contributed by atoms with Crippen molar-refractivity contribution in [2.75, 3.05) is 0 Å². The molecule has 424 valence electrons. The molecule has 2 N–H and O–H groups in total. The van der Waals surface area contributed by atoms with Gasteiger partial charge in [0.2, 0.25) is 0 Å². The van der Waals surface area contributed by atoms with E-state index in [2.05, 4.69) is 262 Å². The van der Waals surface area contributed by atoms with Gasteiger partial charge in [-0.2, -0.15) is 0 Å². The summed E-state index contributed by atoms with van der Waals surface area (Å²) in [5, 5.41) is 39.0. The summed E-state index contributed by atoms with van der Waals surface area (Å²) in [6, 6.07) is 110. The van der Waals surface area contributed by atoms with Crippen molar-refractivity contribution in [3.05, 3.63) is 320 Å². The summed E-state index contributed by atoms with van der Waals surface area (Å²) in [6.07, 6.45) is 0. The predicted octanol–water partition coefficient (Wildman–Crippen LogP) is 20.4. The standard InChI is InChI=1S/C41H26N2.C22H15BO2.C19H13BrN2/c1-2-13-27(14-3-1)41-42-38-23-10-11-24-39(38)43(41)29-16-12-15-28(25-29)36-26-37-32-19-5-4-17-30(32)31-18-6-8-21-34(31)40(37)35-22-9-7-20-33(35)36;24-23(25)21-13-20-16-9-2-1-7-14(16)15-8-3-5-11-18(15)22(20)19-12-6-4-10-17(19)21;20-15-9-6-10-16(13-15)22-18-12-5-4-11-17(18)21-19(22)14-7-2-1-3-8-14/h1-26H;1-13,24-25H;1-13H. The predicted molar refractivity (Wildman–Crippen MR) is 382 cm³/mol. The number of nitrogens with zero attached hydrogens (tertiary/aromatic N) is 4. The SMILES string of the molecule is Brc1cccc(-n2c(-c3ccccc3)nc3ccccc32)c1.OB(O)c1cc2c3ccccc3c3ccccc3c2c2ccccc12.c1ccc(-c2nc3ccccc3n2-c2cccc(-c3cc4c5ccccc5c5ccccc5c4c4ccccc34)c2)cc1. The third-order valence-electron chi connectivity index (χ3n) is 17.5. The second-order valence-electron chi connectivity index (χ2n) is 22.7. The largest absolute Gasteiger partial charge is 0.489 e. The molecular formula is C82H54BBrN4O2. The molecule has 18 rings (SSSR count). The molecule has 0 spiro atoms. The number of aromatic nitrogens is 4. The van der Waals surface area contributed by atoms with Gasteiger partial charge in [0, 0.05) is 27.0 Å². The van der Waals surface area contributed by atoms with Crippen molar-refractivity contribution in [3.63, 3.8) is 0 Å². The molecule has 0 bridgehead atoms. The number of para-hydroxylation sites is 4. The van der Waals surface area contributed by atoms with E-state index in [1.54, 1.807) is 0 Å². The minimum absolute atomic E-state index is 0.545. The van der Waals surface area contributed by atoms with E-state index in [0.717, 1.165) is 87.6 Å². The molecule has 0 aliphatic rings. The zero-order valence-electron chi connectivity index (χ0n) is 48.7. The summed E-state index contributed by atoms with van der Waals surface area (Å²) >= 11 is 3.56. The summed E-state index contributed by atoms with van der Waals surface area (Å²) in [7, 11) is -1.50. The van der Waals surface area contributed by atoms with Crippen LogP contribution in [-0.4, -0.2) is 36.3 Å². The minimum Gasteiger partial charge on any atom is -0.423 e. The molecule has 0 saturated heterocycles. The van der Waals surface area contributed by atoms with E-state index < -0.39 is 7.12 Å². The van der Waals surface area contributed by atoms with Crippen molar-refractivity contribution in [2.45, 2.75) is 0 Å². The summed E-state index contributed by atoms with van der Waals surface area (Å²) in [5.74, 6) is 1.90. The zero-order chi connectivity index (χ0) is 60.2. The highest BCUT2D eigenvalue weighted by atomic mass is 79.9. The first-order valence-corrected chi connectivity index (χ1v) is 31.0. The number of fused-ring (bicyclic) bond motifs is 18. The maximum Gasteiger partial charge on any atom is 0.489 e. The number of halogens is 1. The fourth-order valence-electron chi connectivity index (χ4n) is 13.6. The van der Waals surface area contributed by atoms with Crippen LogP contribution in [0.15, 0.2) is 320 Å². The lowest BCUT2D eigenvalue weighted by molar-refractivity contribution is 0.426. The van der Waals surface area contributed by atoms with E-state index in [-0.39, 0.29) is 0 Å². The van der Waals surface area contributed by atoms with Crippen LogP contribution >= 0.6 is 15.9 Å². The van der Waals surface area contributed by atoms with E-state index in [0.29, 0.717) is 5.46 Å². The van der Waals surface area contributed by atoms with E-state index in [4.69, 9.17) is 9.97 Å². The van der Waals surface area contributed by atoms with E-state index >= 15 is 0 Å². The van der Waals surface area contributed by atoms with Crippen LogP contribution in [0.1, 0.15) is 0 Å². The Bertz CT molecular complexity index is 5800. The fraction of sp³-hybridized carbons (Fsp3) is 0. The molecule has 90 heavy (non-hydrogen) atoms. The van der Waals surface area contributed by atoms with Crippen LogP contribution in [0.4, 0.5) is 0 Å². The van der Waals surface area contributed by atoms with Crippen LogP contribution in [0.2, 0.25) is 0 Å². The van der Waals surface area contributed by atoms with Gasteiger partial charge in [0.25, 0.3) is 0 Å². The van der Waals surface area contributed by atoms with Gasteiger partial charge in [-0.1, -0.05) is 271 Å². The molecule has 0 saturated carbocycles. The Labute approximate surface area is 527 Å². The molecule has 0 aliphatic heterocycles. The van der Waals surface area contributed by atoms with Crippen LogP contribution in [0.5, 0.6) is 0 Å². The Balaban J connectivity index is 0.000000117. The Morgan fingerprint density at radius 1 is 0.278 bits per heavy atom. The first-order chi connectivity index (χ1) is 44.4. The third-order valence-corrected chi connectivity index (χ3v) is 18.0. The molecule has 0 atom stereocenters. The number of benzene rings is 16. The summed E-state index contributed by atoms with van der Waals surface area (Å²) in [4.78, 5) is 9.92. The molecule has 16 aromatic carbocycles. The summed E-state index contributed by atoms with van der Waals surface area (Å²) in [5.41, 5.74) is 11.6. The quantitative estimate of drug-likeness (QED) is 0.128. The average Bonchev–Trinajstić information content (AvgIpc) is 1.04. The van der Waals surface area contributed by atoms with Crippen LogP contribution in [0, 0.1) is 0 Å². The molecule has 0 amide bonds. The molecular weight excluding hydrogens is 1160 g/mol. The van der Waals surface area contributed by atoms with Gasteiger partial charge in [0.05, 0.1) is 22.1 Å². The van der Waals surface area contributed by atoms with E-state index in [1.165, 1.54) is 70.4 Å². The molecule has 2 aromatic heterocycles. The van der Waals surface area contributed by atoms with Crippen LogP contribution in [0.25, 0.3) is 154 Å². The molecule has 0 aliphatic carbocycles. The maximum absolute atomic E-state index is 9.92. The van der Waals surface area contributed by atoms with Gasteiger partial charge in [-0.05, 0) is 163 Å². The molecule has 0 unspecified atom stereocenters. The van der Waals surface area contributed by atoms with Crippen molar-refractivity contribution in [3.8, 4) is 45.3 Å². The second kappa shape index (κ2) is 22.9. The highest BCUT2D eigenvalue weighted by Crippen LogP contribution is 2.44. The fourth-order valence-corrected chi connectivity index (χ4v) is 14.0. The van der Waals surface area contributed by atoms with Gasteiger partial charge >= 0.3 is 7.12 Å². The van der Waals surface area contributed by atoms with Crippen LogP contribution in [0.3, 0.4) is 0 Å². The van der Waals surface area contributed by atoms with Gasteiger partial charge < -0.3 is 10.0 Å². The minimum atomic E-state index is -1.50. The number of rotatable bonds is 6. The van der Waals surface area contributed by atoms with Gasteiger partial charge in [-0.15, -0.1) is 0 Å². The van der Waals surface area contributed by atoms with E-state index in [9.17, 15) is 10.0 Å². The van der Waals surface area contributed by atoms with Crippen molar-refractivity contribution < 1.29 is 10.0 Å². The lowest BCUT2D eigenvalue weighted by Crippen LogP contribution is -2.30. The van der Waals surface area contributed by atoms with Crippen molar-refractivity contribution in [1.29, 1.82) is 0 Å². The smallest absolute Gasteiger partial charge is 0.423 e. The number of hydrogen-bond acceptors (Lipinski definition) is 4. The molecule has 0 radical (unpaired) electrons. The Morgan fingerprint density at radius 2 is 0.622 bits per heavy atom. The highest BCUT2D eigenvalue weighted by molar-refractivity contribution is 9.10. The Morgan fingerprint density at radius 3 is 1.10 bits per heavy atom. The van der Waals surface area contributed by atoms with Gasteiger partial charge in [-0.25, -0.2) is 9.97 Å². The van der Waals surface area contributed by atoms with Crippen molar-refractivity contribution in [1.82, 2.24) is 19.1 Å². The molecule has 8 heteroatoms. The molecule has 6 nitrogen and oxygen atoms in total. The zero-order valence-corrected chi connectivity index (χ0v) is 50.2. The highest BCUT2D eigenvalue weighted by Gasteiger charge is 2.22.